The summed E-state index contributed by atoms with van der Waals surface area (Å²) in [6.07, 6.45) is -2.83. The predicted octanol–water partition coefficient (Wildman–Crippen LogP) is 3.31. The number of hydrogen-bond acceptors (Lipinski definition) is 5. The first kappa shape index (κ1) is 15.9. The quantitative estimate of drug-likeness (QED) is 0.879. The van der Waals surface area contributed by atoms with Crippen LogP contribution in [0.15, 0.2) is 28.2 Å². The maximum absolute atomic E-state index is 11.9. The summed E-state index contributed by atoms with van der Waals surface area (Å²) in [7, 11) is 0. The molecule has 2 aromatic heterocycles. The van der Waals surface area contributed by atoms with Gasteiger partial charge in [-0.2, -0.15) is 13.2 Å². The second-order valence-corrected chi connectivity index (χ2v) is 5.85. The summed E-state index contributed by atoms with van der Waals surface area (Å²) in [5.41, 5.74) is 0.764. The zero-order valence-electron chi connectivity index (χ0n) is 10.6. The number of halogens is 3. The minimum absolute atomic E-state index is 0.0380. The van der Waals surface area contributed by atoms with Gasteiger partial charge in [-0.15, -0.1) is 23.1 Å². The molecular formula is C12H11F3N2O2S2. The maximum atomic E-state index is 11.9. The molecule has 0 aliphatic heterocycles. The van der Waals surface area contributed by atoms with Crippen molar-refractivity contribution in [3.63, 3.8) is 0 Å². The van der Waals surface area contributed by atoms with Gasteiger partial charge in [-0.1, -0.05) is 0 Å². The van der Waals surface area contributed by atoms with E-state index in [-0.39, 0.29) is 5.75 Å². The molecule has 2 aromatic rings. The average Bonchev–Trinajstić information content (AvgIpc) is 3.06. The molecule has 0 spiro atoms. The van der Waals surface area contributed by atoms with Crippen LogP contribution in [-0.4, -0.2) is 29.4 Å². The van der Waals surface area contributed by atoms with E-state index >= 15 is 0 Å². The molecule has 0 radical (unpaired) electrons. The van der Waals surface area contributed by atoms with E-state index in [0.29, 0.717) is 11.5 Å². The van der Waals surface area contributed by atoms with Gasteiger partial charge in [-0.3, -0.25) is 4.79 Å². The van der Waals surface area contributed by atoms with Gasteiger partial charge in [0.2, 0.25) is 5.91 Å². The summed E-state index contributed by atoms with van der Waals surface area (Å²) < 4.78 is 40.9. The summed E-state index contributed by atoms with van der Waals surface area (Å²) in [4.78, 5) is 15.5. The van der Waals surface area contributed by atoms with Crippen LogP contribution in [0.25, 0.3) is 10.8 Å². The number of hydrogen-bond donors (Lipinski definition) is 1. The van der Waals surface area contributed by atoms with Gasteiger partial charge >= 0.3 is 6.18 Å². The van der Waals surface area contributed by atoms with Crippen molar-refractivity contribution >= 4 is 29.0 Å². The molecule has 0 fully saturated rings. The van der Waals surface area contributed by atoms with Crippen LogP contribution in [-0.2, 0) is 10.5 Å². The molecule has 1 amide bonds. The molecule has 4 nitrogen and oxygen atoms in total. The molecule has 0 bridgehead atoms. The Labute approximate surface area is 126 Å². The van der Waals surface area contributed by atoms with E-state index in [1.54, 1.807) is 18.4 Å². The second kappa shape index (κ2) is 6.99. The zero-order chi connectivity index (χ0) is 15.3. The lowest BCUT2D eigenvalue weighted by Crippen LogP contribution is -2.34. The number of carbonyl (C=O) groups is 1. The molecule has 0 saturated heterocycles. The molecule has 0 aromatic carbocycles. The number of rotatable bonds is 6. The van der Waals surface area contributed by atoms with Crippen molar-refractivity contribution in [1.82, 2.24) is 10.3 Å². The molecule has 0 unspecified atom stereocenters. The lowest BCUT2D eigenvalue weighted by molar-refractivity contribution is -0.136. The molecule has 21 heavy (non-hydrogen) atoms. The molecule has 114 valence electrons. The highest BCUT2D eigenvalue weighted by molar-refractivity contribution is 7.99. The predicted molar refractivity (Wildman–Crippen MR) is 75.0 cm³/mol. The topological polar surface area (TPSA) is 55.1 Å². The smallest absolute Gasteiger partial charge is 0.405 e. The average molecular weight is 336 g/mol. The first-order valence-electron chi connectivity index (χ1n) is 5.83. The van der Waals surface area contributed by atoms with Crippen LogP contribution in [0.2, 0.25) is 0 Å². The van der Waals surface area contributed by atoms with Crippen LogP contribution < -0.4 is 5.32 Å². The SMILES string of the molecule is O=C(CSCc1csc(-c2ccco2)n1)NCC(F)(F)F. The summed E-state index contributed by atoms with van der Waals surface area (Å²) >= 11 is 2.62. The van der Waals surface area contributed by atoms with E-state index in [1.165, 1.54) is 23.1 Å². The first-order valence-corrected chi connectivity index (χ1v) is 7.87. The van der Waals surface area contributed by atoms with Crippen molar-refractivity contribution in [2.75, 3.05) is 12.3 Å². The Hall–Kier alpha value is -1.48. The van der Waals surface area contributed by atoms with Gasteiger partial charge in [-0.05, 0) is 12.1 Å². The van der Waals surface area contributed by atoms with Crippen molar-refractivity contribution in [1.29, 1.82) is 0 Å². The Morgan fingerprint density at radius 2 is 2.29 bits per heavy atom. The van der Waals surface area contributed by atoms with Crippen LogP contribution in [0, 0.1) is 0 Å². The van der Waals surface area contributed by atoms with Gasteiger partial charge in [0.05, 0.1) is 17.7 Å². The zero-order valence-corrected chi connectivity index (χ0v) is 12.3. The number of thioether (sulfide) groups is 1. The van der Waals surface area contributed by atoms with Gasteiger partial charge in [0.25, 0.3) is 0 Å². The van der Waals surface area contributed by atoms with Crippen molar-refractivity contribution < 1.29 is 22.4 Å². The third kappa shape index (κ3) is 5.43. The lowest BCUT2D eigenvalue weighted by atomic mass is 10.5. The number of nitrogens with zero attached hydrogens (tertiary/aromatic N) is 1. The largest absolute Gasteiger partial charge is 0.462 e. The van der Waals surface area contributed by atoms with E-state index in [0.717, 1.165) is 10.7 Å². The van der Waals surface area contributed by atoms with Crippen LogP contribution >= 0.6 is 23.1 Å². The number of alkyl halides is 3. The molecule has 9 heteroatoms. The van der Waals surface area contributed by atoms with Crippen molar-refractivity contribution in [2.24, 2.45) is 0 Å². The summed E-state index contributed by atoms with van der Waals surface area (Å²) in [5.74, 6) is 0.443. The third-order valence-corrected chi connectivity index (χ3v) is 4.12. The van der Waals surface area contributed by atoms with E-state index in [1.807, 2.05) is 10.7 Å². The highest BCUT2D eigenvalue weighted by Gasteiger charge is 2.27. The Morgan fingerprint density at radius 3 is 2.95 bits per heavy atom. The highest BCUT2D eigenvalue weighted by atomic mass is 32.2. The minimum Gasteiger partial charge on any atom is -0.462 e. The Kier molecular flexibility index (Phi) is 5.29. The fraction of sp³-hybridized carbons (Fsp3) is 0.333. The lowest BCUT2D eigenvalue weighted by Gasteiger charge is -2.07. The summed E-state index contributed by atoms with van der Waals surface area (Å²) in [5, 5.41) is 4.38. The molecule has 0 aliphatic rings. The third-order valence-electron chi connectivity index (χ3n) is 2.25. The van der Waals surface area contributed by atoms with Crippen LogP contribution in [0.3, 0.4) is 0 Å². The second-order valence-electron chi connectivity index (χ2n) is 4.01. The monoisotopic (exact) mass is 336 g/mol. The van der Waals surface area contributed by atoms with E-state index in [9.17, 15) is 18.0 Å². The Morgan fingerprint density at radius 1 is 1.48 bits per heavy atom. The van der Waals surface area contributed by atoms with Gasteiger partial charge in [0.1, 0.15) is 6.54 Å². The molecule has 0 aliphatic carbocycles. The van der Waals surface area contributed by atoms with Crippen LogP contribution in [0.5, 0.6) is 0 Å². The fourth-order valence-corrected chi connectivity index (χ4v) is 3.02. The molecule has 1 N–H and O–H groups in total. The van der Waals surface area contributed by atoms with Crippen LogP contribution in [0.1, 0.15) is 5.69 Å². The standard InChI is InChI=1S/C12H11F3N2O2S2/c13-12(14,15)7-16-10(18)6-20-4-8-5-21-11(17-8)9-2-1-3-19-9/h1-3,5H,4,6-7H2,(H,16,18). The highest BCUT2D eigenvalue weighted by Crippen LogP contribution is 2.25. The normalized spacial score (nSPS) is 11.6. The van der Waals surface area contributed by atoms with Crippen molar-refractivity contribution in [3.8, 4) is 10.8 Å². The molecule has 2 rings (SSSR count). The maximum Gasteiger partial charge on any atom is 0.405 e. The molecule has 0 atom stereocenters. The van der Waals surface area contributed by atoms with Gasteiger partial charge in [-0.25, -0.2) is 4.98 Å². The molecular weight excluding hydrogens is 325 g/mol. The van der Waals surface area contributed by atoms with Gasteiger partial charge in [0, 0.05) is 11.1 Å². The summed E-state index contributed by atoms with van der Waals surface area (Å²) in [6.45, 7) is -1.30. The number of amides is 1. The number of nitrogens with one attached hydrogen (secondary N) is 1. The number of aromatic nitrogens is 1. The van der Waals surface area contributed by atoms with Gasteiger partial charge < -0.3 is 9.73 Å². The van der Waals surface area contributed by atoms with Crippen molar-refractivity contribution in [2.45, 2.75) is 11.9 Å². The Bertz CT molecular complexity index is 582. The summed E-state index contributed by atoms with van der Waals surface area (Å²) in [6, 6.07) is 3.55. The van der Waals surface area contributed by atoms with E-state index < -0.39 is 18.6 Å². The fourth-order valence-electron chi connectivity index (χ4n) is 1.38. The number of thiazole rings is 1. The Balaban J connectivity index is 1.73. The number of furan rings is 1. The number of carbonyl (C=O) groups excluding carboxylic acids is 1. The van der Waals surface area contributed by atoms with Crippen LogP contribution in [0.4, 0.5) is 13.2 Å². The first-order chi connectivity index (χ1) is 9.94. The molecule has 2 heterocycles. The van der Waals surface area contributed by atoms with Crippen molar-refractivity contribution in [3.05, 3.63) is 29.5 Å². The van der Waals surface area contributed by atoms with E-state index in [4.69, 9.17) is 4.42 Å². The minimum atomic E-state index is -4.38. The molecule has 0 saturated carbocycles. The van der Waals surface area contributed by atoms with E-state index in [2.05, 4.69) is 4.98 Å². The van der Waals surface area contributed by atoms with Gasteiger partial charge in [0.15, 0.2) is 10.8 Å².